The highest BCUT2D eigenvalue weighted by molar-refractivity contribution is 7.90. The Kier molecular flexibility index (Phi) is 18.1. The minimum atomic E-state index is -2.93. The smallest absolute Gasteiger partial charge is 0.217 e. The number of amides is 1. The summed E-state index contributed by atoms with van der Waals surface area (Å²) < 4.78 is 25.9. The number of ether oxygens (including phenoxy) is 1. The van der Waals surface area contributed by atoms with E-state index in [2.05, 4.69) is 26.1 Å². The number of hydrogen-bond donors (Lipinski definition) is 3. The molecule has 1 amide bonds. The first kappa shape index (κ1) is 29.5. The molecule has 4 N–H and O–H groups in total. The van der Waals surface area contributed by atoms with E-state index in [-0.39, 0.29) is 12.2 Å². The lowest BCUT2D eigenvalue weighted by molar-refractivity contribution is -0.118. The molecule has 28 heavy (non-hydrogen) atoms. The quantitative estimate of drug-likeness (QED) is 0.601. The molecule has 0 radical (unpaired) electrons. The van der Waals surface area contributed by atoms with E-state index in [0.717, 1.165) is 44.9 Å². The maximum Gasteiger partial charge on any atom is 0.217 e. The minimum Gasteiger partial charge on any atom is -0.396 e. The molecule has 170 valence electrons. The average molecular weight is 425 g/mol. The summed E-state index contributed by atoms with van der Waals surface area (Å²) in [7, 11) is -2.93. The molecule has 2 aliphatic rings. The summed E-state index contributed by atoms with van der Waals surface area (Å²) in [4.78, 5) is 10.1. The number of aliphatic hydroxyl groups is 1. The van der Waals surface area contributed by atoms with Crippen LogP contribution >= 0.6 is 0 Å². The largest absolute Gasteiger partial charge is 0.396 e. The Hall–Kier alpha value is -0.700. The van der Waals surface area contributed by atoms with Crippen LogP contribution in [0.15, 0.2) is 0 Å². The zero-order valence-electron chi connectivity index (χ0n) is 18.6. The number of hydrogen-bond acceptors (Lipinski definition) is 6. The van der Waals surface area contributed by atoms with Crippen LogP contribution in [0.2, 0.25) is 0 Å². The first-order valence-corrected chi connectivity index (χ1v) is 12.4. The molecule has 0 bridgehead atoms. The van der Waals surface area contributed by atoms with E-state index in [4.69, 9.17) is 15.6 Å². The Bertz CT molecular complexity index is 461. The van der Waals surface area contributed by atoms with E-state index in [9.17, 15) is 13.2 Å². The number of rotatable bonds is 6. The van der Waals surface area contributed by atoms with Gasteiger partial charge in [0.2, 0.25) is 5.91 Å². The molecule has 0 aromatic heterocycles. The fourth-order valence-electron chi connectivity index (χ4n) is 2.71. The van der Waals surface area contributed by atoms with Gasteiger partial charge in [-0.3, -0.25) is 4.79 Å². The van der Waals surface area contributed by atoms with E-state index < -0.39 is 15.7 Å². The second-order valence-electron chi connectivity index (χ2n) is 7.92. The minimum absolute atomic E-state index is 0.0376. The Labute approximate surface area is 172 Å². The van der Waals surface area contributed by atoms with Crippen molar-refractivity contribution in [3.05, 3.63) is 0 Å². The fraction of sp³-hybridized carbons (Fsp3) is 0.950. The Morgan fingerprint density at radius 1 is 1.25 bits per heavy atom. The van der Waals surface area contributed by atoms with Gasteiger partial charge in [-0.25, -0.2) is 8.42 Å². The molecule has 1 saturated heterocycles. The molecular weight excluding hydrogens is 380 g/mol. The van der Waals surface area contributed by atoms with E-state index in [1.807, 2.05) is 6.92 Å². The molecule has 1 aliphatic heterocycles. The molecule has 8 heteroatoms. The molecule has 0 aromatic carbocycles. The average Bonchev–Trinajstić information content (AvgIpc) is 2.62. The lowest BCUT2D eigenvalue weighted by atomic mass is 9.62. The summed E-state index contributed by atoms with van der Waals surface area (Å²) in [5.74, 6) is 0.613. The molecule has 1 saturated carbocycles. The number of nitrogens with two attached hydrogens (primary N) is 1. The van der Waals surface area contributed by atoms with Crippen LogP contribution in [0.5, 0.6) is 0 Å². The summed E-state index contributed by atoms with van der Waals surface area (Å²) in [6.45, 7) is 13.1. The summed E-state index contributed by atoms with van der Waals surface area (Å²) >= 11 is 0. The summed E-state index contributed by atoms with van der Waals surface area (Å²) in [6.07, 6.45) is 6.79. The van der Waals surface area contributed by atoms with Gasteiger partial charge in [0.25, 0.3) is 0 Å². The third-order valence-electron chi connectivity index (χ3n) is 4.74. The van der Waals surface area contributed by atoms with Crippen LogP contribution in [-0.4, -0.2) is 64.4 Å². The molecule has 0 spiro atoms. The second-order valence-corrected chi connectivity index (χ2v) is 10.2. The van der Waals surface area contributed by atoms with Gasteiger partial charge in [-0.15, -0.1) is 0 Å². The molecule has 1 unspecified atom stereocenters. The van der Waals surface area contributed by atoms with Gasteiger partial charge in [0, 0.05) is 32.4 Å². The van der Waals surface area contributed by atoms with Gasteiger partial charge in [0.1, 0.15) is 9.84 Å². The Balaban J connectivity index is 0. The molecule has 2 rings (SSSR count). The van der Waals surface area contributed by atoms with Crippen molar-refractivity contribution in [1.29, 1.82) is 0 Å². The normalized spacial score (nSPS) is 20.0. The SMILES string of the molecule is C1COCCN1.CCC1CCC1(C)C.CCCO.CS(=O)(=O)CCCC(N)=O. The molecule has 1 heterocycles. The van der Waals surface area contributed by atoms with Crippen LogP contribution in [0.1, 0.15) is 66.2 Å². The van der Waals surface area contributed by atoms with Crippen molar-refractivity contribution in [2.75, 3.05) is 44.9 Å². The lowest BCUT2D eigenvalue weighted by Crippen LogP contribution is -2.33. The molecule has 2 fully saturated rings. The number of carbonyl (C=O) groups is 1. The van der Waals surface area contributed by atoms with Gasteiger partial charge < -0.3 is 20.9 Å². The van der Waals surface area contributed by atoms with Gasteiger partial charge in [-0.1, -0.05) is 34.1 Å². The van der Waals surface area contributed by atoms with Crippen LogP contribution in [0.25, 0.3) is 0 Å². The zero-order valence-corrected chi connectivity index (χ0v) is 19.4. The summed E-state index contributed by atoms with van der Waals surface area (Å²) in [5.41, 5.74) is 5.48. The molecule has 1 aliphatic carbocycles. The maximum atomic E-state index is 10.5. The highest BCUT2D eigenvalue weighted by Gasteiger charge is 2.36. The number of nitrogens with one attached hydrogen (secondary N) is 1. The monoisotopic (exact) mass is 424 g/mol. The van der Waals surface area contributed by atoms with Crippen LogP contribution < -0.4 is 11.1 Å². The van der Waals surface area contributed by atoms with Gasteiger partial charge in [0.05, 0.1) is 19.0 Å². The number of carbonyl (C=O) groups excluding carboxylic acids is 1. The van der Waals surface area contributed by atoms with E-state index in [1.165, 1.54) is 19.3 Å². The molecule has 1 atom stereocenters. The first-order valence-electron chi connectivity index (χ1n) is 10.4. The standard InChI is InChI=1S/C8H16.C5H11NO3S.C4H9NO.C3H8O/c1-4-7-5-6-8(7,2)3;1-10(8,9)4-2-3-5(6)7;1-3-6-4-2-5-1;1-2-3-4/h7H,4-6H2,1-3H3;2-4H2,1H3,(H2,6,7);5H,1-4H2;4H,2-3H2,1H3. The van der Waals surface area contributed by atoms with Crippen LogP contribution in [0.4, 0.5) is 0 Å². The summed E-state index contributed by atoms with van der Waals surface area (Å²) in [6, 6.07) is 0. The van der Waals surface area contributed by atoms with Crippen LogP contribution in [0, 0.1) is 11.3 Å². The Morgan fingerprint density at radius 3 is 1.93 bits per heavy atom. The maximum absolute atomic E-state index is 10.5. The first-order chi connectivity index (χ1) is 13.0. The predicted octanol–water partition coefficient (Wildman–Crippen LogP) is 2.12. The number of aliphatic hydroxyl groups excluding tert-OH is 1. The zero-order chi connectivity index (χ0) is 22.1. The fourth-order valence-corrected chi connectivity index (χ4v) is 3.38. The van der Waals surface area contributed by atoms with Crippen molar-refractivity contribution in [2.45, 2.75) is 66.2 Å². The third kappa shape index (κ3) is 20.0. The second kappa shape index (κ2) is 17.2. The van der Waals surface area contributed by atoms with Crippen molar-refractivity contribution >= 4 is 15.7 Å². The number of primary amides is 1. The molecular formula is C20H44N2O5S. The predicted molar refractivity (Wildman–Crippen MR) is 116 cm³/mol. The highest BCUT2D eigenvalue weighted by Crippen LogP contribution is 2.47. The van der Waals surface area contributed by atoms with Crippen molar-refractivity contribution in [3.63, 3.8) is 0 Å². The van der Waals surface area contributed by atoms with Gasteiger partial charge >= 0.3 is 0 Å². The van der Waals surface area contributed by atoms with Gasteiger partial charge in [-0.05, 0) is 37.0 Å². The van der Waals surface area contributed by atoms with Gasteiger partial charge in [0.15, 0.2) is 0 Å². The van der Waals surface area contributed by atoms with E-state index in [1.54, 1.807) is 0 Å². The lowest BCUT2D eigenvalue weighted by Gasteiger charge is -2.44. The number of sulfone groups is 1. The highest BCUT2D eigenvalue weighted by atomic mass is 32.2. The van der Waals surface area contributed by atoms with E-state index in [0.29, 0.717) is 18.4 Å². The Morgan fingerprint density at radius 2 is 1.79 bits per heavy atom. The third-order valence-corrected chi connectivity index (χ3v) is 5.77. The van der Waals surface area contributed by atoms with Crippen molar-refractivity contribution in [3.8, 4) is 0 Å². The van der Waals surface area contributed by atoms with Crippen molar-refractivity contribution < 1.29 is 23.1 Å². The summed E-state index contributed by atoms with van der Waals surface area (Å²) in [5, 5.41) is 11.0. The van der Waals surface area contributed by atoms with Crippen LogP contribution in [-0.2, 0) is 19.4 Å². The van der Waals surface area contributed by atoms with E-state index >= 15 is 0 Å². The van der Waals surface area contributed by atoms with Gasteiger partial charge in [-0.2, -0.15) is 0 Å². The van der Waals surface area contributed by atoms with Crippen molar-refractivity contribution in [1.82, 2.24) is 5.32 Å². The molecule has 0 aromatic rings. The molecule has 7 nitrogen and oxygen atoms in total. The van der Waals surface area contributed by atoms with Crippen molar-refractivity contribution in [2.24, 2.45) is 17.1 Å². The topological polar surface area (TPSA) is 119 Å². The number of morpholine rings is 1. The van der Waals surface area contributed by atoms with Crippen LogP contribution in [0.3, 0.4) is 0 Å².